The number of piperidine rings is 1. The monoisotopic (exact) mass is 464 g/mol. The number of benzene rings is 2. The van der Waals surface area contributed by atoms with E-state index >= 15 is 0 Å². The van der Waals surface area contributed by atoms with Gasteiger partial charge in [0.25, 0.3) is 5.91 Å². The molecule has 0 unspecified atom stereocenters. The largest absolute Gasteiger partial charge is 0.459 e. The van der Waals surface area contributed by atoms with Gasteiger partial charge in [0.05, 0.1) is 20.1 Å². The maximum Gasteiger partial charge on any atom is 0.347 e. The molecule has 1 aliphatic rings. The van der Waals surface area contributed by atoms with Gasteiger partial charge in [0.15, 0.2) is 12.4 Å². The molecule has 0 radical (unpaired) electrons. The Hall–Kier alpha value is -3.49. The molecule has 4 rings (SSSR count). The molecule has 3 aromatic rings. The van der Waals surface area contributed by atoms with Gasteiger partial charge in [-0.15, -0.1) is 0 Å². The molecule has 2 aromatic carbocycles. The number of esters is 1. The van der Waals surface area contributed by atoms with Crippen LogP contribution in [0.1, 0.15) is 29.7 Å². The first-order chi connectivity index (χ1) is 16.3. The third kappa shape index (κ3) is 5.18. The molecule has 1 amide bonds. The van der Waals surface area contributed by atoms with Crippen molar-refractivity contribution in [3.63, 3.8) is 0 Å². The number of ether oxygens (including phenoxy) is 1. The summed E-state index contributed by atoms with van der Waals surface area (Å²) in [5, 5.41) is 18.1. The van der Waals surface area contributed by atoms with Gasteiger partial charge in [0.2, 0.25) is 5.60 Å². The first kappa shape index (κ1) is 23.7. The number of nitrogens with one attached hydrogen (secondary N) is 1. The van der Waals surface area contributed by atoms with Gasteiger partial charge in [-0.3, -0.25) is 4.79 Å². The first-order valence-electron chi connectivity index (χ1n) is 11.4. The average Bonchev–Trinajstić information content (AvgIpc) is 3.25. The number of carbonyl (C=O) groups excluding carboxylic acids is 2. The summed E-state index contributed by atoms with van der Waals surface area (Å²) in [5.74, 6) is 0.197. The van der Waals surface area contributed by atoms with Crippen molar-refractivity contribution in [2.24, 2.45) is 0 Å². The fourth-order valence-electron chi connectivity index (χ4n) is 4.40. The number of quaternary nitrogens is 1. The molecule has 8 nitrogen and oxygen atoms in total. The van der Waals surface area contributed by atoms with Crippen molar-refractivity contribution in [2.45, 2.75) is 31.5 Å². The summed E-state index contributed by atoms with van der Waals surface area (Å²) in [4.78, 5) is 25.8. The van der Waals surface area contributed by atoms with Crippen molar-refractivity contribution in [1.82, 2.24) is 5.16 Å². The summed E-state index contributed by atoms with van der Waals surface area (Å²) in [6, 6.07) is 19.4. The molecule has 1 aromatic heterocycles. The van der Waals surface area contributed by atoms with Crippen LogP contribution in [0.2, 0.25) is 0 Å². The highest BCUT2D eigenvalue weighted by atomic mass is 16.6. The fraction of sp³-hybridized carbons (Fsp3) is 0.346. The SMILES string of the molecule is Cc1cc(NC(=O)C[N+]2(C)CCC(OC(=O)C(O)(c3ccccc3)c3ccccc3)CC2)no1. The number of anilines is 1. The minimum Gasteiger partial charge on any atom is -0.459 e. The standard InChI is InChI=1S/C26H29N3O5/c1-19-17-23(28-34-19)27-24(30)18-29(2)15-13-22(14-16-29)33-25(31)26(32,20-9-5-3-6-10-20)21-11-7-4-8-12-21/h3-12,17,22,32H,13-16,18H2,1-2H3/p+1. The van der Waals surface area contributed by atoms with Crippen LogP contribution in [0.25, 0.3) is 0 Å². The Kier molecular flexibility index (Phi) is 6.81. The number of aromatic nitrogens is 1. The van der Waals surface area contributed by atoms with Crippen LogP contribution in [-0.2, 0) is 19.9 Å². The molecule has 178 valence electrons. The van der Waals surface area contributed by atoms with E-state index in [1.165, 1.54) is 0 Å². The summed E-state index contributed by atoms with van der Waals surface area (Å²) in [6.07, 6.45) is 0.857. The van der Waals surface area contributed by atoms with Crippen LogP contribution in [0, 0.1) is 6.92 Å². The molecule has 1 fully saturated rings. The number of nitrogens with zero attached hydrogens (tertiary/aromatic N) is 2. The first-order valence-corrected chi connectivity index (χ1v) is 11.4. The number of aliphatic hydroxyl groups is 1. The zero-order chi connectivity index (χ0) is 24.2. The van der Waals surface area contributed by atoms with E-state index in [4.69, 9.17) is 9.26 Å². The lowest BCUT2D eigenvalue weighted by molar-refractivity contribution is -0.907. The maximum atomic E-state index is 13.3. The maximum absolute atomic E-state index is 13.3. The van der Waals surface area contributed by atoms with E-state index in [2.05, 4.69) is 10.5 Å². The fourth-order valence-corrected chi connectivity index (χ4v) is 4.40. The van der Waals surface area contributed by atoms with Crippen molar-refractivity contribution in [3.05, 3.63) is 83.6 Å². The molecular formula is C26H30N3O5+. The van der Waals surface area contributed by atoms with E-state index in [-0.39, 0.29) is 18.6 Å². The molecule has 0 atom stereocenters. The van der Waals surface area contributed by atoms with Crippen LogP contribution in [0.5, 0.6) is 0 Å². The van der Waals surface area contributed by atoms with Gasteiger partial charge in [-0.1, -0.05) is 65.8 Å². The normalized spacial score (nSPS) is 20.5. The summed E-state index contributed by atoms with van der Waals surface area (Å²) >= 11 is 0. The van der Waals surface area contributed by atoms with Gasteiger partial charge < -0.3 is 24.2 Å². The van der Waals surface area contributed by atoms with Gasteiger partial charge in [0, 0.05) is 18.9 Å². The Morgan fingerprint density at radius 3 is 2.15 bits per heavy atom. The van der Waals surface area contributed by atoms with E-state index in [9.17, 15) is 14.7 Å². The molecule has 8 heteroatoms. The second-order valence-corrected chi connectivity index (χ2v) is 9.14. The lowest BCUT2D eigenvalue weighted by Gasteiger charge is -2.40. The highest BCUT2D eigenvalue weighted by molar-refractivity contribution is 5.90. The summed E-state index contributed by atoms with van der Waals surface area (Å²) in [5.41, 5.74) is -0.974. The van der Waals surface area contributed by atoms with E-state index in [1.807, 2.05) is 19.2 Å². The van der Waals surface area contributed by atoms with Gasteiger partial charge in [-0.2, -0.15) is 0 Å². The zero-order valence-electron chi connectivity index (χ0n) is 19.4. The van der Waals surface area contributed by atoms with Crippen LogP contribution < -0.4 is 5.32 Å². The van der Waals surface area contributed by atoms with Crippen LogP contribution in [0.3, 0.4) is 0 Å². The Balaban J connectivity index is 1.39. The van der Waals surface area contributed by atoms with Crippen LogP contribution >= 0.6 is 0 Å². The highest BCUT2D eigenvalue weighted by Crippen LogP contribution is 2.32. The molecule has 2 N–H and O–H groups in total. The number of amides is 1. The minimum absolute atomic E-state index is 0.145. The Labute approximate surface area is 198 Å². The van der Waals surface area contributed by atoms with Crippen molar-refractivity contribution in [2.75, 3.05) is 32.0 Å². The van der Waals surface area contributed by atoms with E-state index in [1.54, 1.807) is 61.5 Å². The van der Waals surface area contributed by atoms with Gasteiger partial charge in [-0.25, -0.2) is 4.79 Å². The number of likely N-dealkylation sites (N-methyl/N-ethyl adjacent to an activating group) is 1. The number of carbonyl (C=O) groups is 2. The Bertz CT molecular complexity index is 1080. The summed E-state index contributed by atoms with van der Waals surface area (Å²) in [7, 11) is 2.01. The van der Waals surface area contributed by atoms with E-state index in [0.29, 0.717) is 53.1 Å². The smallest absolute Gasteiger partial charge is 0.347 e. The molecule has 1 aliphatic heterocycles. The van der Waals surface area contributed by atoms with Crippen LogP contribution in [0.15, 0.2) is 71.3 Å². The molecule has 0 bridgehead atoms. The second-order valence-electron chi connectivity index (χ2n) is 9.14. The average molecular weight is 465 g/mol. The van der Waals surface area contributed by atoms with Crippen molar-refractivity contribution >= 4 is 17.7 Å². The molecule has 1 saturated heterocycles. The predicted molar refractivity (Wildman–Crippen MR) is 126 cm³/mol. The predicted octanol–water partition coefficient (Wildman–Crippen LogP) is 3.01. The molecule has 34 heavy (non-hydrogen) atoms. The number of rotatable bonds is 7. The molecule has 0 saturated carbocycles. The third-order valence-electron chi connectivity index (χ3n) is 6.35. The Morgan fingerprint density at radius 1 is 1.09 bits per heavy atom. The number of hydrogen-bond donors (Lipinski definition) is 2. The molecule has 0 aliphatic carbocycles. The third-order valence-corrected chi connectivity index (χ3v) is 6.35. The summed E-state index contributed by atoms with van der Waals surface area (Å²) < 4.78 is 11.4. The van der Waals surface area contributed by atoms with Crippen molar-refractivity contribution in [3.8, 4) is 0 Å². The highest BCUT2D eigenvalue weighted by Gasteiger charge is 2.44. The van der Waals surface area contributed by atoms with E-state index < -0.39 is 11.6 Å². The molecule has 0 spiro atoms. The van der Waals surface area contributed by atoms with Gasteiger partial charge >= 0.3 is 5.97 Å². The lowest BCUT2D eigenvalue weighted by Crippen LogP contribution is -2.55. The number of aryl methyl sites for hydroxylation is 1. The second kappa shape index (κ2) is 9.79. The topological polar surface area (TPSA) is 102 Å². The zero-order valence-corrected chi connectivity index (χ0v) is 19.4. The molecular weight excluding hydrogens is 434 g/mol. The van der Waals surface area contributed by atoms with Crippen LogP contribution in [-0.4, -0.2) is 59.4 Å². The summed E-state index contributed by atoms with van der Waals surface area (Å²) in [6.45, 7) is 3.38. The van der Waals surface area contributed by atoms with E-state index in [0.717, 1.165) is 0 Å². The quantitative estimate of drug-likeness (QED) is 0.412. The van der Waals surface area contributed by atoms with Crippen LogP contribution in [0.4, 0.5) is 5.82 Å². The minimum atomic E-state index is -1.90. The molecule has 2 heterocycles. The van der Waals surface area contributed by atoms with Crippen molar-refractivity contribution < 1.29 is 28.4 Å². The van der Waals surface area contributed by atoms with Gasteiger partial charge in [0.1, 0.15) is 11.9 Å². The van der Waals surface area contributed by atoms with Gasteiger partial charge in [-0.05, 0) is 18.1 Å². The number of likely N-dealkylation sites (tertiary alicyclic amines) is 1. The number of hydrogen-bond acceptors (Lipinski definition) is 6. The van der Waals surface area contributed by atoms with Crippen molar-refractivity contribution in [1.29, 1.82) is 0 Å². The Morgan fingerprint density at radius 2 is 1.65 bits per heavy atom. The lowest BCUT2D eigenvalue weighted by atomic mass is 9.86.